The first kappa shape index (κ1) is 15.7. The van der Waals surface area contributed by atoms with Gasteiger partial charge in [0.05, 0.1) is 0 Å². The Hall–Kier alpha value is 0.453. The second kappa shape index (κ2) is 4.61. The van der Waals surface area contributed by atoms with Crippen LogP contribution in [0.1, 0.15) is 0 Å². The molecule has 0 rings (SSSR count). The van der Waals surface area contributed by atoms with Gasteiger partial charge in [-0.3, -0.25) is 8.42 Å². The van der Waals surface area contributed by atoms with Gasteiger partial charge in [-0.2, -0.15) is 0 Å². The third kappa shape index (κ3) is 623. The molecule has 0 saturated carbocycles. The summed E-state index contributed by atoms with van der Waals surface area (Å²) in [6.07, 6.45) is 0. The van der Waals surface area contributed by atoms with E-state index < -0.39 is 10.4 Å². The average Bonchev–Trinajstić information content (AvgIpc) is 0.722. The predicted molar refractivity (Wildman–Crippen MR) is 15.5 cm³/mol. The van der Waals surface area contributed by atoms with Crippen LogP contribution in [-0.4, -0.2) is 17.5 Å². The predicted octanol–water partition coefficient (Wildman–Crippen LogP) is -1.18. The van der Waals surface area contributed by atoms with Gasteiger partial charge in [0.2, 0.25) is 0 Å². The van der Waals surface area contributed by atoms with Crippen molar-refractivity contribution >= 4 is 10.4 Å². The SMILES string of the molecule is N.O=S(=O)([O-])[O-].[Ru+4]. The molecule has 0 fully saturated rings. The Morgan fingerprint density at radius 3 is 1.14 bits per heavy atom. The van der Waals surface area contributed by atoms with E-state index in [1.165, 1.54) is 0 Å². The van der Waals surface area contributed by atoms with E-state index in [0.29, 0.717) is 0 Å². The van der Waals surface area contributed by atoms with Crippen LogP contribution in [0, 0.1) is 0 Å². The van der Waals surface area contributed by atoms with Crippen LogP contribution in [0.3, 0.4) is 0 Å². The molecule has 0 aliphatic heterocycles. The van der Waals surface area contributed by atoms with Crippen LogP contribution in [0.5, 0.6) is 0 Å². The van der Waals surface area contributed by atoms with Crippen molar-refractivity contribution in [2.45, 2.75) is 0 Å². The maximum Gasteiger partial charge on any atom is 4.00 e. The summed E-state index contributed by atoms with van der Waals surface area (Å²) in [5.41, 5.74) is 0. The van der Waals surface area contributed by atoms with Gasteiger partial charge in [0.25, 0.3) is 0 Å². The fourth-order valence-corrected chi connectivity index (χ4v) is 0. The molecule has 0 bridgehead atoms. The van der Waals surface area contributed by atoms with Crippen LogP contribution in [0.4, 0.5) is 0 Å². The van der Waals surface area contributed by atoms with E-state index in [0.717, 1.165) is 0 Å². The first-order valence-electron chi connectivity index (χ1n) is 0.667. The van der Waals surface area contributed by atoms with Crippen molar-refractivity contribution in [2.24, 2.45) is 0 Å². The fraction of sp³-hybridized carbons (Fsp3) is 0. The van der Waals surface area contributed by atoms with E-state index in [1.54, 1.807) is 0 Å². The van der Waals surface area contributed by atoms with E-state index in [-0.39, 0.29) is 25.6 Å². The van der Waals surface area contributed by atoms with Gasteiger partial charge < -0.3 is 15.3 Å². The largest absolute Gasteiger partial charge is 4.00 e. The minimum atomic E-state index is -5.17. The van der Waals surface area contributed by atoms with Crippen LogP contribution < -0.4 is 6.15 Å². The smallest absolute Gasteiger partial charge is 0.759 e. The van der Waals surface area contributed by atoms with Crippen LogP contribution in [0.15, 0.2) is 0 Å². The molecule has 0 aliphatic rings. The van der Waals surface area contributed by atoms with E-state index in [9.17, 15) is 0 Å². The summed E-state index contributed by atoms with van der Waals surface area (Å²) in [4.78, 5) is 0. The molecule has 7 heavy (non-hydrogen) atoms. The maximum absolute atomic E-state index is 8.52. The van der Waals surface area contributed by atoms with E-state index >= 15 is 0 Å². The summed E-state index contributed by atoms with van der Waals surface area (Å²) in [5, 5.41) is 0. The molecule has 0 saturated heterocycles. The zero-order chi connectivity index (χ0) is 4.50. The third-order valence-corrected chi connectivity index (χ3v) is 0. The molecule has 7 heteroatoms. The summed E-state index contributed by atoms with van der Waals surface area (Å²) in [6.45, 7) is 0. The second-order valence-corrected chi connectivity index (χ2v) is 1.22. The van der Waals surface area contributed by atoms with Gasteiger partial charge in [-0.1, -0.05) is 0 Å². The molecule has 0 heterocycles. The van der Waals surface area contributed by atoms with Gasteiger partial charge >= 0.3 is 19.5 Å². The fourth-order valence-electron chi connectivity index (χ4n) is 0. The average molecular weight is 214 g/mol. The first-order chi connectivity index (χ1) is 2.00. The quantitative estimate of drug-likeness (QED) is 0.309. The maximum atomic E-state index is 8.52. The van der Waals surface area contributed by atoms with Crippen LogP contribution in [0.2, 0.25) is 0 Å². The van der Waals surface area contributed by atoms with Crippen molar-refractivity contribution in [2.75, 3.05) is 0 Å². The molecule has 0 spiro atoms. The molecular weight excluding hydrogens is 211 g/mol. The Bertz CT molecular complexity index is 94.9. The zero-order valence-electron chi connectivity index (χ0n) is 3.10. The summed E-state index contributed by atoms with van der Waals surface area (Å²) in [5.74, 6) is 0. The molecule has 0 aromatic rings. The van der Waals surface area contributed by atoms with E-state index in [4.69, 9.17) is 17.5 Å². The van der Waals surface area contributed by atoms with Gasteiger partial charge in [0.1, 0.15) is 0 Å². The van der Waals surface area contributed by atoms with Crippen LogP contribution >= 0.6 is 0 Å². The molecule has 0 radical (unpaired) electrons. The molecule has 44 valence electrons. The van der Waals surface area contributed by atoms with Gasteiger partial charge in [-0.25, -0.2) is 0 Å². The van der Waals surface area contributed by atoms with Crippen molar-refractivity contribution in [1.29, 1.82) is 0 Å². The molecule has 0 aromatic heterocycles. The normalized spacial score (nSPS) is 8.29. The van der Waals surface area contributed by atoms with E-state index in [1.807, 2.05) is 0 Å². The third-order valence-electron chi connectivity index (χ3n) is 0. The summed E-state index contributed by atoms with van der Waals surface area (Å²) in [6, 6.07) is 0. The molecule has 0 aromatic carbocycles. The number of rotatable bonds is 0. The molecule has 0 amide bonds. The Kier molecular flexibility index (Phi) is 10.3. The van der Waals surface area contributed by atoms with Gasteiger partial charge in [-0.05, 0) is 0 Å². The van der Waals surface area contributed by atoms with Gasteiger partial charge in [0.15, 0.2) is 0 Å². The molecule has 0 unspecified atom stereocenters. The summed E-state index contributed by atoms with van der Waals surface area (Å²) in [7, 11) is -5.17. The van der Waals surface area contributed by atoms with Crippen molar-refractivity contribution < 1.29 is 37.0 Å². The monoisotopic (exact) mass is 215 g/mol. The van der Waals surface area contributed by atoms with Crippen molar-refractivity contribution in [1.82, 2.24) is 6.15 Å². The van der Waals surface area contributed by atoms with Crippen molar-refractivity contribution in [3.63, 3.8) is 0 Å². The molecular formula is H3NO4RuS+2. The zero-order valence-corrected chi connectivity index (χ0v) is 5.66. The molecule has 3 N–H and O–H groups in total. The Morgan fingerprint density at radius 2 is 1.14 bits per heavy atom. The Balaban J connectivity index is -0.0000000800. The van der Waals surface area contributed by atoms with Gasteiger partial charge in [-0.15, -0.1) is 0 Å². The topological polar surface area (TPSA) is 115 Å². The van der Waals surface area contributed by atoms with Crippen LogP contribution in [0.25, 0.3) is 0 Å². The molecule has 0 aliphatic carbocycles. The van der Waals surface area contributed by atoms with Crippen LogP contribution in [-0.2, 0) is 29.9 Å². The number of hydrogen-bond acceptors (Lipinski definition) is 5. The Morgan fingerprint density at radius 1 is 1.14 bits per heavy atom. The van der Waals surface area contributed by atoms with Gasteiger partial charge in [0, 0.05) is 10.4 Å². The number of hydrogen-bond donors (Lipinski definition) is 1. The van der Waals surface area contributed by atoms with Crippen molar-refractivity contribution in [3.8, 4) is 0 Å². The van der Waals surface area contributed by atoms with E-state index in [2.05, 4.69) is 0 Å². The molecule has 0 atom stereocenters. The minimum Gasteiger partial charge on any atom is -0.759 e. The standard InChI is InChI=1S/H3N.H2O4S.Ru/c;1-5(2,3)4;/h1H3;(H2,1,2,3,4);/q;;+4/p-2. The van der Waals surface area contributed by atoms with Crippen molar-refractivity contribution in [3.05, 3.63) is 0 Å². The summed E-state index contributed by atoms with van der Waals surface area (Å²) >= 11 is 0. The second-order valence-electron chi connectivity index (χ2n) is 0.408. The summed E-state index contributed by atoms with van der Waals surface area (Å²) < 4.78 is 34.1. The minimum absolute atomic E-state index is 0. The Labute approximate surface area is 54.0 Å². The molecule has 5 nitrogen and oxygen atoms in total. The first-order valence-corrected chi connectivity index (χ1v) is 2.00.